The van der Waals surface area contributed by atoms with E-state index >= 15 is 0 Å². The lowest BCUT2D eigenvalue weighted by atomic mass is 10.0. The molecule has 2 aromatic carbocycles. The molecule has 1 amide bonds. The van der Waals surface area contributed by atoms with Crippen molar-refractivity contribution in [3.05, 3.63) is 48.0 Å². The maximum absolute atomic E-state index is 12.7. The van der Waals surface area contributed by atoms with E-state index in [1.54, 1.807) is 11.8 Å². The molecule has 0 spiro atoms. The lowest BCUT2D eigenvalue weighted by molar-refractivity contribution is -0.143. The molecule has 1 saturated carbocycles. The van der Waals surface area contributed by atoms with Gasteiger partial charge in [0.25, 0.3) is 0 Å². The van der Waals surface area contributed by atoms with E-state index in [1.807, 2.05) is 42.5 Å². The number of benzene rings is 2. The number of fused-ring (bicyclic) bond motifs is 1. The first-order valence-electron chi connectivity index (χ1n) is 8.05. The Morgan fingerprint density at radius 2 is 1.87 bits per heavy atom. The van der Waals surface area contributed by atoms with Gasteiger partial charge in [0.1, 0.15) is 0 Å². The van der Waals surface area contributed by atoms with Crippen LogP contribution in [0.25, 0.3) is 10.8 Å². The smallest absolute Gasteiger partial charge is 0.308 e. The molecule has 1 aliphatic carbocycles. The zero-order valence-corrected chi connectivity index (χ0v) is 13.2. The second-order valence-electron chi connectivity index (χ2n) is 6.33. The molecule has 0 aromatic heterocycles. The Balaban J connectivity index is 1.79. The predicted molar refractivity (Wildman–Crippen MR) is 89.2 cm³/mol. The highest BCUT2D eigenvalue weighted by molar-refractivity contribution is 5.90. The monoisotopic (exact) mass is 311 g/mol. The van der Waals surface area contributed by atoms with Crippen molar-refractivity contribution in [1.29, 1.82) is 0 Å². The molecular formula is C19H21NO3. The number of aliphatic carboxylic acids is 1. The lowest BCUT2D eigenvalue weighted by Gasteiger charge is -2.24. The molecule has 0 bridgehead atoms. The molecule has 1 N–H and O–H groups in total. The zero-order valence-electron chi connectivity index (χ0n) is 13.2. The Morgan fingerprint density at radius 3 is 2.57 bits per heavy atom. The van der Waals surface area contributed by atoms with Gasteiger partial charge in [-0.3, -0.25) is 9.59 Å². The van der Waals surface area contributed by atoms with Crippen LogP contribution in [0.3, 0.4) is 0 Å². The number of rotatable bonds is 6. The molecule has 2 aromatic rings. The molecule has 1 unspecified atom stereocenters. The standard InChI is InChI=1S/C19H21NO3/c1-13(19(22)23)12-20(16-9-10-16)18(21)11-15-7-4-6-14-5-2-3-8-17(14)15/h2-8,13,16H,9-12H2,1H3,(H,22,23). The average Bonchev–Trinajstić information content (AvgIpc) is 3.37. The molecular weight excluding hydrogens is 290 g/mol. The van der Waals surface area contributed by atoms with Gasteiger partial charge in [-0.15, -0.1) is 0 Å². The van der Waals surface area contributed by atoms with Crippen molar-refractivity contribution >= 4 is 22.6 Å². The highest BCUT2D eigenvalue weighted by Gasteiger charge is 2.34. The quantitative estimate of drug-likeness (QED) is 0.892. The highest BCUT2D eigenvalue weighted by atomic mass is 16.4. The Hall–Kier alpha value is -2.36. The van der Waals surface area contributed by atoms with E-state index in [-0.39, 0.29) is 11.9 Å². The van der Waals surface area contributed by atoms with E-state index in [0.717, 1.165) is 29.2 Å². The van der Waals surface area contributed by atoms with Gasteiger partial charge in [0.15, 0.2) is 0 Å². The van der Waals surface area contributed by atoms with Crippen LogP contribution in [-0.4, -0.2) is 34.5 Å². The molecule has 0 radical (unpaired) electrons. The first kappa shape index (κ1) is 15.5. The largest absolute Gasteiger partial charge is 0.481 e. The number of carbonyl (C=O) groups excluding carboxylic acids is 1. The van der Waals surface area contributed by atoms with Crippen LogP contribution in [0.4, 0.5) is 0 Å². The number of hydrogen-bond donors (Lipinski definition) is 1. The number of carboxylic acid groups (broad SMARTS) is 1. The predicted octanol–water partition coefficient (Wildman–Crippen LogP) is 3.09. The third-order valence-electron chi connectivity index (χ3n) is 4.42. The molecule has 4 nitrogen and oxygen atoms in total. The van der Waals surface area contributed by atoms with E-state index < -0.39 is 11.9 Å². The van der Waals surface area contributed by atoms with E-state index in [9.17, 15) is 9.59 Å². The number of nitrogens with zero attached hydrogens (tertiary/aromatic N) is 1. The van der Waals surface area contributed by atoms with E-state index in [1.165, 1.54) is 0 Å². The summed E-state index contributed by atoms with van der Waals surface area (Å²) in [6.45, 7) is 1.95. The summed E-state index contributed by atoms with van der Waals surface area (Å²) in [4.78, 5) is 25.6. The van der Waals surface area contributed by atoms with Gasteiger partial charge in [-0.2, -0.15) is 0 Å². The van der Waals surface area contributed by atoms with Gasteiger partial charge in [-0.1, -0.05) is 49.4 Å². The maximum Gasteiger partial charge on any atom is 0.308 e. The number of hydrogen-bond acceptors (Lipinski definition) is 2. The second kappa shape index (κ2) is 6.41. The molecule has 120 valence electrons. The molecule has 0 aliphatic heterocycles. The van der Waals surface area contributed by atoms with Crippen LogP contribution >= 0.6 is 0 Å². The maximum atomic E-state index is 12.7. The summed E-state index contributed by atoms with van der Waals surface area (Å²) in [7, 11) is 0. The molecule has 4 heteroatoms. The van der Waals surface area contributed by atoms with Crippen molar-refractivity contribution in [2.45, 2.75) is 32.2 Å². The minimum Gasteiger partial charge on any atom is -0.481 e. The van der Waals surface area contributed by atoms with Crippen molar-refractivity contribution < 1.29 is 14.7 Å². The Labute approximate surface area is 135 Å². The van der Waals surface area contributed by atoms with Crippen LogP contribution in [0.15, 0.2) is 42.5 Å². The second-order valence-corrected chi connectivity index (χ2v) is 6.33. The molecule has 1 atom stereocenters. The van der Waals surface area contributed by atoms with Gasteiger partial charge < -0.3 is 10.0 Å². The van der Waals surface area contributed by atoms with Crippen LogP contribution in [0.2, 0.25) is 0 Å². The molecule has 1 fully saturated rings. The number of carboxylic acids is 1. The van der Waals surface area contributed by atoms with Crippen LogP contribution in [0.1, 0.15) is 25.3 Å². The summed E-state index contributed by atoms with van der Waals surface area (Å²) in [5.74, 6) is -1.36. The summed E-state index contributed by atoms with van der Waals surface area (Å²) in [5.41, 5.74) is 1.00. The van der Waals surface area contributed by atoms with Gasteiger partial charge in [0, 0.05) is 12.6 Å². The summed E-state index contributed by atoms with van der Waals surface area (Å²) < 4.78 is 0. The van der Waals surface area contributed by atoms with Crippen molar-refractivity contribution in [3.63, 3.8) is 0 Å². The van der Waals surface area contributed by atoms with Gasteiger partial charge in [0.2, 0.25) is 5.91 Å². The molecule has 23 heavy (non-hydrogen) atoms. The molecule has 0 heterocycles. The third kappa shape index (κ3) is 3.52. The number of carbonyl (C=O) groups is 2. The topological polar surface area (TPSA) is 57.6 Å². The van der Waals surface area contributed by atoms with Gasteiger partial charge in [-0.25, -0.2) is 0 Å². The summed E-state index contributed by atoms with van der Waals surface area (Å²) in [5, 5.41) is 11.3. The van der Waals surface area contributed by atoms with E-state index in [4.69, 9.17) is 5.11 Å². The fourth-order valence-corrected chi connectivity index (χ4v) is 2.92. The van der Waals surface area contributed by atoms with Gasteiger partial charge in [0.05, 0.1) is 12.3 Å². The van der Waals surface area contributed by atoms with E-state index in [0.29, 0.717) is 13.0 Å². The van der Waals surface area contributed by atoms with Crippen molar-refractivity contribution in [2.24, 2.45) is 5.92 Å². The molecule has 3 rings (SSSR count). The summed E-state index contributed by atoms with van der Waals surface area (Å²) in [6.07, 6.45) is 2.28. The Kier molecular flexibility index (Phi) is 4.33. The minimum atomic E-state index is -0.853. The lowest BCUT2D eigenvalue weighted by Crippen LogP contribution is -2.39. The molecule has 0 saturated heterocycles. The fraction of sp³-hybridized carbons (Fsp3) is 0.368. The third-order valence-corrected chi connectivity index (χ3v) is 4.42. The van der Waals surface area contributed by atoms with Crippen LogP contribution < -0.4 is 0 Å². The van der Waals surface area contributed by atoms with E-state index in [2.05, 4.69) is 0 Å². The zero-order chi connectivity index (χ0) is 16.4. The Morgan fingerprint density at radius 1 is 1.17 bits per heavy atom. The minimum absolute atomic E-state index is 0.0250. The number of amides is 1. The van der Waals surface area contributed by atoms with Crippen molar-refractivity contribution in [2.75, 3.05) is 6.54 Å². The van der Waals surface area contributed by atoms with Gasteiger partial charge >= 0.3 is 5.97 Å². The van der Waals surface area contributed by atoms with Gasteiger partial charge in [-0.05, 0) is 29.2 Å². The summed E-state index contributed by atoms with van der Waals surface area (Å²) >= 11 is 0. The van der Waals surface area contributed by atoms with Crippen molar-refractivity contribution in [1.82, 2.24) is 4.90 Å². The molecule has 1 aliphatic rings. The van der Waals surface area contributed by atoms with Crippen molar-refractivity contribution in [3.8, 4) is 0 Å². The first-order valence-corrected chi connectivity index (χ1v) is 8.05. The SMILES string of the molecule is CC(CN(C(=O)Cc1cccc2ccccc12)C1CC1)C(=O)O. The first-order chi connectivity index (χ1) is 11.1. The average molecular weight is 311 g/mol. The van der Waals surface area contributed by atoms with Crippen LogP contribution in [0, 0.1) is 5.92 Å². The fourth-order valence-electron chi connectivity index (χ4n) is 2.92. The van der Waals surface area contributed by atoms with Crippen LogP contribution in [-0.2, 0) is 16.0 Å². The Bertz CT molecular complexity index is 731. The normalized spacial score (nSPS) is 15.3. The van der Waals surface area contributed by atoms with Crippen LogP contribution in [0.5, 0.6) is 0 Å². The highest BCUT2D eigenvalue weighted by Crippen LogP contribution is 2.29. The summed E-state index contributed by atoms with van der Waals surface area (Å²) in [6, 6.07) is 14.2.